The van der Waals surface area contributed by atoms with Crippen molar-refractivity contribution in [1.29, 1.82) is 0 Å². The van der Waals surface area contributed by atoms with Crippen LogP contribution in [0, 0.1) is 0 Å². The molecule has 0 radical (unpaired) electrons. The van der Waals surface area contributed by atoms with Gasteiger partial charge in [0.05, 0.1) is 29.5 Å². The van der Waals surface area contributed by atoms with Gasteiger partial charge in [-0.25, -0.2) is 13.1 Å². The van der Waals surface area contributed by atoms with E-state index in [4.69, 9.17) is 9.84 Å². The number of allylic oxidation sites excluding steroid dienone is 3. The predicted octanol–water partition coefficient (Wildman–Crippen LogP) is 3.07. The molecule has 5 rings (SSSR count). The Balaban J connectivity index is 1.82. The highest BCUT2D eigenvalue weighted by Gasteiger charge is 2.50. The van der Waals surface area contributed by atoms with Crippen LogP contribution in [0.1, 0.15) is 48.4 Å². The molecule has 162 valence electrons. The lowest BCUT2D eigenvalue weighted by atomic mass is 9.90. The first-order chi connectivity index (χ1) is 14.8. The van der Waals surface area contributed by atoms with E-state index in [0.29, 0.717) is 43.2 Å². The van der Waals surface area contributed by atoms with Gasteiger partial charge in [0.25, 0.3) is 5.91 Å². The molecule has 1 amide bonds. The molecule has 3 aliphatic rings. The van der Waals surface area contributed by atoms with Crippen molar-refractivity contribution in [3.8, 4) is 5.69 Å². The molecule has 2 aromatic rings. The molecule has 1 aromatic heterocycles. The second kappa shape index (κ2) is 7.17. The van der Waals surface area contributed by atoms with Gasteiger partial charge in [0.1, 0.15) is 4.75 Å². The molecule has 2 aliphatic heterocycles. The number of hydrogen-bond acceptors (Lipinski definition) is 5. The van der Waals surface area contributed by atoms with Crippen LogP contribution in [0.4, 0.5) is 0 Å². The summed E-state index contributed by atoms with van der Waals surface area (Å²) in [4.78, 5) is 15.6. The number of benzene rings is 1. The van der Waals surface area contributed by atoms with Gasteiger partial charge in [0.15, 0.2) is 15.5 Å². The molecule has 0 N–H and O–H groups in total. The van der Waals surface area contributed by atoms with E-state index in [0.717, 1.165) is 23.4 Å². The van der Waals surface area contributed by atoms with E-state index in [1.807, 2.05) is 36.4 Å². The minimum absolute atomic E-state index is 0.218. The highest BCUT2D eigenvalue weighted by atomic mass is 32.2. The van der Waals surface area contributed by atoms with Crippen molar-refractivity contribution in [1.82, 2.24) is 14.7 Å². The number of morpholine rings is 1. The molecule has 0 bridgehead atoms. The van der Waals surface area contributed by atoms with E-state index in [-0.39, 0.29) is 11.6 Å². The molecular weight excluding hydrogens is 414 g/mol. The molecule has 1 aromatic carbocycles. The summed E-state index contributed by atoms with van der Waals surface area (Å²) in [5.74, 6) is -0.243. The highest BCUT2D eigenvalue weighted by molar-refractivity contribution is 7.96. The van der Waals surface area contributed by atoms with Crippen LogP contribution >= 0.6 is 0 Å². The number of ether oxygens (including phenoxy) is 1. The van der Waals surface area contributed by atoms with Crippen molar-refractivity contribution in [2.75, 3.05) is 26.3 Å². The molecule has 3 heterocycles. The first kappa shape index (κ1) is 20.2. The molecule has 7 nitrogen and oxygen atoms in total. The largest absolute Gasteiger partial charge is 0.378 e. The fourth-order valence-corrected chi connectivity index (χ4v) is 6.44. The number of nitrogens with zero attached hydrogens (tertiary/aromatic N) is 3. The van der Waals surface area contributed by atoms with E-state index in [9.17, 15) is 13.2 Å². The smallest absolute Gasteiger partial charge is 0.274 e. The van der Waals surface area contributed by atoms with Crippen LogP contribution in [0.25, 0.3) is 11.3 Å². The first-order valence-electron chi connectivity index (χ1n) is 10.5. The van der Waals surface area contributed by atoms with E-state index in [1.54, 1.807) is 29.5 Å². The molecule has 1 aliphatic carbocycles. The average molecular weight is 440 g/mol. The van der Waals surface area contributed by atoms with Crippen LogP contribution in [0.15, 0.2) is 47.4 Å². The van der Waals surface area contributed by atoms with Gasteiger partial charge in [-0.3, -0.25) is 4.79 Å². The van der Waals surface area contributed by atoms with Gasteiger partial charge < -0.3 is 9.64 Å². The Bertz CT molecular complexity index is 1220. The summed E-state index contributed by atoms with van der Waals surface area (Å²) in [5, 5.41) is 4.75. The number of aromatic nitrogens is 2. The third-order valence-electron chi connectivity index (χ3n) is 6.36. The van der Waals surface area contributed by atoms with Crippen molar-refractivity contribution in [3.63, 3.8) is 0 Å². The quantitative estimate of drug-likeness (QED) is 0.718. The Hall–Kier alpha value is -2.71. The van der Waals surface area contributed by atoms with Gasteiger partial charge in [-0.15, -0.1) is 0 Å². The lowest BCUT2D eigenvalue weighted by Gasteiger charge is -2.35. The predicted molar refractivity (Wildman–Crippen MR) is 118 cm³/mol. The molecule has 1 fully saturated rings. The molecule has 0 saturated carbocycles. The molecule has 0 unspecified atom stereocenters. The average Bonchev–Trinajstić information content (AvgIpc) is 3.20. The Morgan fingerprint density at radius 1 is 1.13 bits per heavy atom. The fourth-order valence-electron chi connectivity index (χ4n) is 4.63. The lowest BCUT2D eigenvalue weighted by Crippen LogP contribution is -2.43. The van der Waals surface area contributed by atoms with Crippen molar-refractivity contribution in [3.05, 3.63) is 64.3 Å². The number of carbonyl (C=O) groups is 1. The second-order valence-electron chi connectivity index (χ2n) is 8.52. The summed E-state index contributed by atoms with van der Waals surface area (Å²) in [7, 11) is -3.69. The molecule has 0 atom stereocenters. The Labute approximate surface area is 181 Å². The number of carbonyl (C=O) groups excluding carboxylic acids is 1. The molecular formula is C23H25N3O4S. The van der Waals surface area contributed by atoms with Gasteiger partial charge >= 0.3 is 0 Å². The van der Waals surface area contributed by atoms with Crippen LogP contribution in [0.5, 0.6) is 0 Å². The third kappa shape index (κ3) is 2.92. The van der Waals surface area contributed by atoms with Gasteiger partial charge in [-0.2, -0.15) is 5.10 Å². The van der Waals surface area contributed by atoms with Crippen molar-refractivity contribution in [2.45, 2.75) is 31.4 Å². The highest BCUT2D eigenvalue weighted by Crippen LogP contribution is 2.50. The minimum Gasteiger partial charge on any atom is -0.378 e. The molecule has 0 spiro atoms. The Morgan fingerprint density at radius 2 is 1.84 bits per heavy atom. The summed E-state index contributed by atoms with van der Waals surface area (Å²) in [5.41, 5.74) is 3.00. The van der Waals surface area contributed by atoms with Crippen molar-refractivity contribution < 1.29 is 17.9 Å². The third-order valence-corrected chi connectivity index (χ3v) is 8.87. The summed E-state index contributed by atoms with van der Waals surface area (Å²) in [6.07, 6.45) is 4.96. The standard InChI is InChI=1S/C23H25N3O4S/c1-23(2)19-20(22(27)25-12-14-30-15-13-25)24-26(16-8-4-3-5-9-16)21(19)17-10-6-7-11-18(17)31(23,28)29/h3-5,7-9,11H,6,10,12-15H2,1-2H3. The summed E-state index contributed by atoms with van der Waals surface area (Å²) in [6.45, 7) is 5.23. The van der Waals surface area contributed by atoms with Gasteiger partial charge in [-0.05, 0) is 50.5 Å². The van der Waals surface area contributed by atoms with Crippen LogP contribution in [0.3, 0.4) is 0 Å². The Morgan fingerprint density at radius 3 is 2.55 bits per heavy atom. The van der Waals surface area contributed by atoms with Gasteiger partial charge in [-0.1, -0.05) is 24.3 Å². The van der Waals surface area contributed by atoms with E-state index >= 15 is 0 Å². The lowest BCUT2D eigenvalue weighted by molar-refractivity contribution is 0.0297. The molecule has 31 heavy (non-hydrogen) atoms. The molecule has 8 heteroatoms. The maximum atomic E-state index is 13.6. The van der Waals surface area contributed by atoms with Crippen LogP contribution in [0.2, 0.25) is 0 Å². The minimum atomic E-state index is -3.69. The topological polar surface area (TPSA) is 81.5 Å². The maximum Gasteiger partial charge on any atom is 0.274 e. The van der Waals surface area contributed by atoms with Crippen molar-refractivity contribution >= 4 is 21.3 Å². The first-order valence-corrected chi connectivity index (χ1v) is 12.0. The summed E-state index contributed by atoms with van der Waals surface area (Å²) >= 11 is 0. The fraction of sp³-hybridized carbons (Fsp3) is 0.391. The van der Waals surface area contributed by atoms with Crippen LogP contribution in [-0.2, 0) is 19.3 Å². The van der Waals surface area contributed by atoms with Gasteiger partial charge in [0, 0.05) is 18.7 Å². The van der Waals surface area contributed by atoms with Crippen LogP contribution in [-0.4, -0.2) is 55.3 Å². The zero-order valence-corrected chi connectivity index (χ0v) is 18.5. The number of sulfone groups is 1. The summed E-state index contributed by atoms with van der Waals surface area (Å²) in [6, 6.07) is 9.58. The monoisotopic (exact) mass is 439 g/mol. The number of amides is 1. The van der Waals surface area contributed by atoms with E-state index < -0.39 is 14.6 Å². The second-order valence-corrected chi connectivity index (χ2v) is 11.0. The number of hydrogen-bond donors (Lipinski definition) is 0. The number of para-hydroxylation sites is 1. The van der Waals surface area contributed by atoms with Crippen LogP contribution < -0.4 is 0 Å². The van der Waals surface area contributed by atoms with Crippen molar-refractivity contribution in [2.24, 2.45) is 0 Å². The molecule has 1 saturated heterocycles. The Kier molecular flexibility index (Phi) is 4.67. The zero-order valence-electron chi connectivity index (χ0n) is 17.7. The van der Waals surface area contributed by atoms with Gasteiger partial charge in [0.2, 0.25) is 0 Å². The summed E-state index contributed by atoms with van der Waals surface area (Å²) < 4.78 is 33.1. The SMILES string of the molecule is CC1(C)c2c(C(=O)N3CCOCC3)nn(-c3ccccc3)c2C2=C(C=CCC2)S1(=O)=O. The maximum absolute atomic E-state index is 13.6. The zero-order chi connectivity index (χ0) is 21.8. The normalized spacial score (nSPS) is 21.5. The number of fused-ring (bicyclic) bond motifs is 2. The van der Waals surface area contributed by atoms with E-state index in [1.165, 1.54) is 0 Å². The number of rotatable bonds is 2. The van der Waals surface area contributed by atoms with E-state index in [2.05, 4.69) is 0 Å².